The number of thiophene rings is 1. The molecule has 1 aliphatic rings. The number of hydrogen-bond donors (Lipinski definition) is 2. The Morgan fingerprint density at radius 3 is 2.86 bits per heavy atom. The zero-order chi connectivity index (χ0) is 18.9. The molecule has 0 amide bonds. The molecule has 142 valence electrons. The molecule has 5 rings (SSSR count). The van der Waals surface area contributed by atoms with Gasteiger partial charge in [0, 0.05) is 10.6 Å². The van der Waals surface area contributed by atoms with Crippen LogP contribution in [0, 0.1) is 0 Å². The molecular formula is C19H17N5OS3. The van der Waals surface area contributed by atoms with Crippen molar-refractivity contribution in [3.05, 3.63) is 56.1 Å². The van der Waals surface area contributed by atoms with Crippen molar-refractivity contribution in [2.24, 2.45) is 0 Å². The number of thioether (sulfide) groups is 1. The number of aromatic nitrogens is 4. The van der Waals surface area contributed by atoms with Crippen molar-refractivity contribution in [2.45, 2.75) is 36.6 Å². The summed E-state index contributed by atoms with van der Waals surface area (Å²) in [7, 11) is 0. The smallest absolute Gasteiger partial charge is 0.260 e. The van der Waals surface area contributed by atoms with Gasteiger partial charge in [0.2, 0.25) is 5.13 Å². The van der Waals surface area contributed by atoms with Gasteiger partial charge < -0.3 is 10.3 Å². The molecule has 3 heterocycles. The van der Waals surface area contributed by atoms with Crippen LogP contribution in [0.5, 0.6) is 0 Å². The first-order valence-corrected chi connectivity index (χ1v) is 11.7. The molecule has 0 atom stereocenters. The Bertz CT molecular complexity index is 1180. The molecule has 1 aromatic carbocycles. The van der Waals surface area contributed by atoms with E-state index in [9.17, 15) is 4.79 Å². The summed E-state index contributed by atoms with van der Waals surface area (Å²) in [6.45, 7) is 0. The number of nitrogens with one attached hydrogen (secondary N) is 2. The molecule has 2 N–H and O–H groups in total. The Labute approximate surface area is 173 Å². The van der Waals surface area contributed by atoms with Gasteiger partial charge in [0.1, 0.15) is 9.84 Å². The van der Waals surface area contributed by atoms with Crippen molar-refractivity contribution in [3.8, 4) is 0 Å². The van der Waals surface area contributed by atoms with Crippen LogP contribution >= 0.6 is 34.4 Å². The van der Waals surface area contributed by atoms with Gasteiger partial charge in [-0.3, -0.25) is 4.79 Å². The maximum Gasteiger partial charge on any atom is 0.260 e. The van der Waals surface area contributed by atoms with E-state index in [2.05, 4.69) is 20.5 Å². The molecule has 1 aliphatic carbocycles. The normalized spacial score (nSPS) is 13.6. The first-order chi connectivity index (χ1) is 13.8. The second kappa shape index (κ2) is 7.65. The highest BCUT2D eigenvalue weighted by atomic mass is 32.2. The van der Waals surface area contributed by atoms with E-state index in [-0.39, 0.29) is 5.56 Å². The number of hydrogen-bond acceptors (Lipinski definition) is 8. The molecule has 0 saturated carbocycles. The molecule has 4 aromatic rings. The third-order valence-corrected chi connectivity index (χ3v) is 7.72. The molecule has 3 aromatic heterocycles. The minimum Gasteiger partial charge on any atom is -0.330 e. The predicted molar refractivity (Wildman–Crippen MR) is 116 cm³/mol. The second-order valence-electron chi connectivity index (χ2n) is 6.54. The van der Waals surface area contributed by atoms with Crippen LogP contribution in [0.15, 0.2) is 40.3 Å². The van der Waals surface area contributed by atoms with Gasteiger partial charge >= 0.3 is 0 Å². The fourth-order valence-electron chi connectivity index (χ4n) is 3.35. The molecule has 6 nitrogen and oxygen atoms in total. The summed E-state index contributed by atoms with van der Waals surface area (Å²) >= 11 is 4.67. The van der Waals surface area contributed by atoms with Gasteiger partial charge in [-0.2, -0.15) is 0 Å². The number of fused-ring (bicyclic) bond motifs is 3. The summed E-state index contributed by atoms with van der Waals surface area (Å²) in [5.74, 6) is 0.619. The topological polar surface area (TPSA) is 83.6 Å². The third kappa shape index (κ3) is 3.57. The van der Waals surface area contributed by atoms with Crippen LogP contribution in [0.3, 0.4) is 0 Å². The lowest BCUT2D eigenvalue weighted by Crippen LogP contribution is -2.10. The van der Waals surface area contributed by atoms with Crippen LogP contribution < -0.4 is 10.9 Å². The number of H-pyrrole nitrogens is 1. The van der Waals surface area contributed by atoms with Gasteiger partial charge in [-0.05, 0) is 43.4 Å². The van der Waals surface area contributed by atoms with Crippen molar-refractivity contribution in [3.63, 3.8) is 0 Å². The minimum absolute atomic E-state index is 0.0180. The number of nitrogens with zero attached hydrogens (tertiary/aromatic N) is 3. The van der Waals surface area contributed by atoms with E-state index in [1.165, 1.54) is 40.0 Å². The number of aromatic amines is 1. The molecule has 28 heavy (non-hydrogen) atoms. The molecule has 0 aliphatic heterocycles. The Morgan fingerprint density at radius 1 is 1.11 bits per heavy atom. The van der Waals surface area contributed by atoms with Crippen LogP contribution in [-0.2, 0) is 18.6 Å². The Morgan fingerprint density at radius 2 is 1.96 bits per heavy atom. The Balaban J connectivity index is 1.32. The van der Waals surface area contributed by atoms with E-state index in [4.69, 9.17) is 4.98 Å². The molecule has 9 heteroatoms. The summed E-state index contributed by atoms with van der Waals surface area (Å²) in [6, 6.07) is 9.89. The van der Waals surface area contributed by atoms with E-state index in [0.717, 1.165) is 45.3 Å². The first-order valence-electron chi connectivity index (χ1n) is 9.08. The lowest BCUT2D eigenvalue weighted by molar-refractivity contribution is 0.700. The summed E-state index contributed by atoms with van der Waals surface area (Å²) in [5, 5.41) is 14.8. The molecular weight excluding hydrogens is 410 g/mol. The predicted octanol–water partition coefficient (Wildman–Crippen LogP) is 4.75. The molecule has 0 saturated heterocycles. The molecule has 0 bridgehead atoms. The van der Waals surface area contributed by atoms with Gasteiger partial charge in [-0.1, -0.05) is 41.3 Å². The van der Waals surface area contributed by atoms with E-state index in [1.54, 1.807) is 11.3 Å². The minimum atomic E-state index is -0.0180. The van der Waals surface area contributed by atoms with Crippen molar-refractivity contribution in [1.82, 2.24) is 20.2 Å². The number of rotatable bonds is 5. The van der Waals surface area contributed by atoms with E-state index in [1.807, 2.05) is 30.3 Å². The maximum atomic E-state index is 12.6. The highest BCUT2D eigenvalue weighted by molar-refractivity contribution is 7.98. The van der Waals surface area contributed by atoms with Crippen LogP contribution in [0.25, 0.3) is 10.2 Å². The molecule has 0 unspecified atom stereocenters. The monoisotopic (exact) mass is 427 g/mol. The van der Waals surface area contributed by atoms with Crippen LogP contribution in [0.1, 0.15) is 28.3 Å². The van der Waals surface area contributed by atoms with Crippen LogP contribution in [0.4, 0.5) is 10.8 Å². The lowest BCUT2D eigenvalue weighted by Gasteiger charge is -2.09. The quantitative estimate of drug-likeness (QED) is 0.353. The van der Waals surface area contributed by atoms with E-state index in [0.29, 0.717) is 10.9 Å². The highest BCUT2D eigenvalue weighted by Gasteiger charge is 2.20. The Hall–Kier alpha value is -2.23. The molecule has 0 radical (unpaired) electrons. The van der Waals surface area contributed by atoms with Gasteiger partial charge in [-0.25, -0.2) is 4.98 Å². The lowest BCUT2D eigenvalue weighted by atomic mass is 9.97. The van der Waals surface area contributed by atoms with Crippen molar-refractivity contribution in [2.75, 3.05) is 5.32 Å². The van der Waals surface area contributed by atoms with E-state index >= 15 is 0 Å². The molecule has 0 fully saturated rings. The highest BCUT2D eigenvalue weighted by Crippen LogP contribution is 2.34. The summed E-state index contributed by atoms with van der Waals surface area (Å²) in [4.78, 5) is 22.5. The summed E-state index contributed by atoms with van der Waals surface area (Å²) < 4.78 is 0. The van der Waals surface area contributed by atoms with Gasteiger partial charge in [0.15, 0.2) is 5.16 Å². The first kappa shape index (κ1) is 17.8. The number of benzene rings is 1. The number of para-hydroxylation sites is 1. The summed E-state index contributed by atoms with van der Waals surface area (Å²) in [5.41, 5.74) is 2.18. The maximum absolute atomic E-state index is 12.6. The Kier molecular flexibility index (Phi) is 4.87. The molecule has 0 spiro atoms. The standard InChI is InChI=1S/C19H17N5OS3/c25-16-15-12-8-4-5-9-13(12)27-17(15)22-18(21-16)26-10-14-23-24-19(28-14)20-11-6-2-1-3-7-11/h1-3,6-7H,4-5,8-10H2,(H,20,24)(H,21,22,25). The zero-order valence-corrected chi connectivity index (χ0v) is 17.3. The van der Waals surface area contributed by atoms with Crippen molar-refractivity contribution < 1.29 is 0 Å². The summed E-state index contributed by atoms with van der Waals surface area (Å²) in [6.07, 6.45) is 4.43. The van der Waals surface area contributed by atoms with Crippen LogP contribution in [0.2, 0.25) is 0 Å². The zero-order valence-electron chi connectivity index (χ0n) is 14.9. The van der Waals surface area contributed by atoms with Crippen molar-refractivity contribution in [1.29, 1.82) is 0 Å². The number of anilines is 2. The van der Waals surface area contributed by atoms with E-state index < -0.39 is 0 Å². The average Bonchev–Trinajstić information content (AvgIpc) is 3.31. The third-order valence-electron chi connectivity index (χ3n) is 4.63. The van der Waals surface area contributed by atoms with Crippen molar-refractivity contribution >= 4 is 55.5 Å². The fourth-order valence-corrected chi connectivity index (χ4v) is 6.28. The number of aryl methyl sites for hydroxylation is 2. The largest absolute Gasteiger partial charge is 0.330 e. The SMILES string of the molecule is O=c1[nH]c(SCc2nnc(Nc3ccccc3)s2)nc2sc3c(c12)CCCC3. The second-order valence-corrected chi connectivity index (χ2v) is 9.65. The van der Waals surface area contributed by atoms with Gasteiger partial charge in [-0.15, -0.1) is 21.5 Å². The van der Waals surface area contributed by atoms with Gasteiger partial charge in [0.25, 0.3) is 5.56 Å². The van der Waals surface area contributed by atoms with Gasteiger partial charge in [0.05, 0.1) is 11.1 Å². The fraction of sp³-hybridized carbons (Fsp3) is 0.263. The van der Waals surface area contributed by atoms with Crippen LogP contribution in [-0.4, -0.2) is 20.2 Å². The average molecular weight is 428 g/mol.